The van der Waals surface area contributed by atoms with Crippen molar-refractivity contribution in [3.05, 3.63) is 35.9 Å². The SMILES string of the molecule is COCc1nsc(NC(=O)Cc2c[nH]c3ncccc23)n1. The Morgan fingerprint density at radius 2 is 2.43 bits per heavy atom. The van der Waals surface area contributed by atoms with Gasteiger partial charge in [0.25, 0.3) is 0 Å². The Bertz CT molecular complexity index is 767. The summed E-state index contributed by atoms with van der Waals surface area (Å²) in [6, 6.07) is 3.78. The van der Waals surface area contributed by atoms with Gasteiger partial charge in [-0.2, -0.15) is 4.37 Å². The second-order valence-corrected chi connectivity index (χ2v) is 5.14. The van der Waals surface area contributed by atoms with Gasteiger partial charge in [0.2, 0.25) is 11.0 Å². The molecule has 2 N–H and O–H groups in total. The van der Waals surface area contributed by atoms with Crippen molar-refractivity contribution >= 4 is 33.6 Å². The Balaban J connectivity index is 1.68. The van der Waals surface area contributed by atoms with Crippen LogP contribution in [0.1, 0.15) is 11.4 Å². The average molecular weight is 303 g/mol. The number of methoxy groups -OCH3 is 1. The second kappa shape index (κ2) is 5.98. The van der Waals surface area contributed by atoms with E-state index in [4.69, 9.17) is 4.74 Å². The number of ether oxygens (including phenoxy) is 1. The van der Waals surface area contributed by atoms with Gasteiger partial charge in [-0.3, -0.25) is 4.79 Å². The maximum absolute atomic E-state index is 12.1. The maximum Gasteiger partial charge on any atom is 0.230 e. The van der Waals surface area contributed by atoms with Crippen molar-refractivity contribution in [2.45, 2.75) is 13.0 Å². The fourth-order valence-electron chi connectivity index (χ4n) is 1.99. The first-order valence-electron chi connectivity index (χ1n) is 6.28. The zero-order valence-electron chi connectivity index (χ0n) is 11.3. The number of H-pyrrole nitrogens is 1. The van der Waals surface area contributed by atoms with Gasteiger partial charge in [0.05, 0.1) is 6.42 Å². The Kier molecular flexibility index (Phi) is 3.89. The van der Waals surface area contributed by atoms with Gasteiger partial charge in [-0.25, -0.2) is 9.97 Å². The minimum absolute atomic E-state index is 0.139. The lowest BCUT2D eigenvalue weighted by Gasteiger charge is -2.00. The molecule has 3 aromatic rings. The highest BCUT2D eigenvalue weighted by Gasteiger charge is 2.11. The van der Waals surface area contributed by atoms with E-state index in [9.17, 15) is 4.79 Å². The van der Waals surface area contributed by atoms with Gasteiger partial charge < -0.3 is 15.0 Å². The first kappa shape index (κ1) is 13.7. The first-order valence-corrected chi connectivity index (χ1v) is 7.06. The van der Waals surface area contributed by atoms with Crippen molar-refractivity contribution in [2.24, 2.45) is 0 Å². The molecule has 3 heterocycles. The van der Waals surface area contributed by atoms with Gasteiger partial charge in [0, 0.05) is 36.4 Å². The van der Waals surface area contributed by atoms with Crippen molar-refractivity contribution in [1.29, 1.82) is 0 Å². The van der Waals surface area contributed by atoms with E-state index in [1.807, 2.05) is 12.1 Å². The van der Waals surface area contributed by atoms with Crippen molar-refractivity contribution in [3.63, 3.8) is 0 Å². The average Bonchev–Trinajstić information content (AvgIpc) is 3.07. The number of nitrogens with one attached hydrogen (secondary N) is 2. The largest absolute Gasteiger partial charge is 0.377 e. The molecule has 1 amide bonds. The molecule has 7 nitrogen and oxygen atoms in total. The molecule has 0 atom stereocenters. The molecule has 0 radical (unpaired) electrons. The number of amides is 1. The molecule has 0 spiro atoms. The maximum atomic E-state index is 12.1. The molecule has 3 aromatic heterocycles. The van der Waals surface area contributed by atoms with E-state index >= 15 is 0 Å². The quantitative estimate of drug-likeness (QED) is 0.749. The van der Waals surface area contributed by atoms with Crippen LogP contribution in [-0.2, 0) is 22.6 Å². The van der Waals surface area contributed by atoms with E-state index in [1.54, 1.807) is 19.5 Å². The summed E-state index contributed by atoms with van der Waals surface area (Å²) in [4.78, 5) is 23.5. The molecule has 0 unspecified atom stereocenters. The predicted octanol–water partition coefficient (Wildman–Crippen LogP) is 1.74. The third kappa shape index (κ3) is 3.06. The molecular weight excluding hydrogens is 290 g/mol. The molecule has 8 heteroatoms. The molecule has 0 saturated heterocycles. The van der Waals surface area contributed by atoms with Crippen LogP contribution in [0.3, 0.4) is 0 Å². The number of nitrogens with zero attached hydrogens (tertiary/aromatic N) is 3. The van der Waals surface area contributed by atoms with Gasteiger partial charge >= 0.3 is 0 Å². The molecule has 0 aliphatic heterocycles. The minimum Gasteiger partial charge on any atom is -0.377 e. The van der Waals surface area contributed by atoms with Crippen LogP contribution in [0.5, 0.6) is 0 Å². The number of pyridine rings is 1. The Hall–Kier alpha value is -2.32. The molecule has 108 valence electrons. The lowest BCUT2D eigenvalue weighted by molar-refractivity contribution is -0.115. The number of carbonyl (C=O) groups is 1. The zero-order chi connectivity index (χ0) is 14.7. The monoisotopic (exact) mass is 303 g/mol. The lowest BCUT2D eigenvalue weighted by atomic mass is 10.1. The number of anilines is 1. The first-order chi connectivity index (χ1) is 10.3. The third-order valence-corrected chi connectivity index (χ3v) is 3.54. The Morgan fingerprint density at radius 3 is 3.29 bits per heavy atom. The summed E-state index contributed by atoms with van der Waals surface area (Å²) in [6.45, 7) is 0.334. The lowest BCUT2D eigenvalue weighted by Crippen LogP contribution is -2.14. The molecule has 0 aromatic carbocycles. The second-order valence-electron chi connectivity index (χ2n) is 4.39. The van der Waals surface area contributed by atoms with Gasteiger partial charge in [-0.1, -0.05) is 0 Å². The fourth-order valence-corrected chi connectivity index (χ4v) is 2.58. The van der Waals surface area contributed by atoms with Crippen LogP contribution in [0, 0.1) is 0 Å². The zero-order valence-corrected chi connectivity index (χ0v) is 12.1. The summed E-state index contributed by atoms with van der Waals surface area (Å²) in [6.07, 6.45) is 3.76. The van der Waals surface area contributed by atoms with Crippen LogP contribution in [0.25, 0.3) is 11.0 Å². The van der Waals surface area contributed by atoms with E-state index in [2.05, 4.69) is 24.6 Å². The Labute approximate surface area is 124 Å². The van der Waals surface area contributed by atoms with Gasteiger partial charge in [0.1, 0.15) is 12.3 Å². The molecule has 3 rings (SSSR count). The smallest absolute Gasteiger partial charge is 0.230 e. The van der Waals surface area contributed by atoms with Crippen molar-refractivity contribution in [3.8, 4) is 0 Å². The standard InChI is InChI=1S/C13H13N5O2S/c1-20-7-10-16-13(21-18-10)17-11(19)5-8-6-15-12-9(8)3-2-4-14-12/h2-4,6H,5,7H2,1H3,(H,14,15)(H,16,17,18,19). The van der Waals surface area contributed by atoms with E-state index in [1.165, 1.54) is 0 Å². The number of aromatic amines is 1. The number of hydrogen-bond acceptors (Lipinski definition) is 6. The molecule has 0 aliphatic rings. The van der Waals surface area contributed by atoms with E-state index in [0.29, 0.717) is 17.6 Å². The van der Waals surface area contributed by atoms with Crippen molar-refractivity contribution < 1.29 is 9.53 Å². The van der Waals surface area contributed by atoms with Gasteiger partial charge in [0.15, 0.2) is 5.82 Å². The van der Waals surface area contributed by atoms with Crippen LogP contribution < -0.4 is 5.32 Å². The Morgan fingerprint density at radius 1 is 1.52 bits per heavy atom. The summed E-state index contributed by atoms with van der Waals surface area (Å²) in [5.41, 5.74) is 1.68. The number of hydrogen-bond donors (Lipinski definition) is 2. The molecule has 21 heavy (non-hydrogen) atoms. The van der Waals surface area contributed by atoms with E-state index in [0.717, 1.165) is 28.1 Å². The highest BCUT2D eigenvalue weighted by atomic mass is 32.1. The number of rotatable bonds is 5. The van der Waals surface area contributed by atoms with E-state index < -0.39 is 0 Å². The van der Waals surface area contributed by atoms with Crippen LogP contribution in [0.2, 0.25) is 0 Å². The van der Waals surface area contributed by atoms with Crippen LogP contribution in [-0.4, -0.2) is 32.3 Å². The summed E-state index contributed by atoms with van der Waals surface area (Å²) >= 11 is 1.14. The van der Waals surface area contributed by atoms with Crippen molar-refractivity contribution in [2.75, 3.05) is 12.4 Å². The van der Waals surface area contributed by atoms with Gasteiger partial charge in [-0.15, -0.1) is 0 Å². The van der Waals surface area contributed by atoms with Crippen LogP contribution in [0.15, 0.2) is 24.5 Å². The predicted molar refractivity (Wildman–Crippen MR) is 79.0 cm³/mol. The molecular formula is C13H13N5O2S. The number of aromatic nitrogens is 4. The van der Waals surface area contributed by atoms with Crippen LogP contribution in [0.4, 0.5) is 5.13 Å². The van der Waals surface area contributed by atoms with Crippen LogP contribution >= 0.6 is 11.5 Å². The molecule has 0 fully saturated rings. The molecule has 0 bridgehead atoms. The van der Waals surface area contributed by atoms with Crippen molar-refractivity contribution in [1.82, 2.24) is 19.3 Å². The minimum atomic E-state index is -0.139. The summed E-state index contributed by atoms with van der Waals surface area (Å²) in [7, 11) is 1.57. The molecule has 0 saturated carbocycles. The normalized spacial score (nSPS) is 10.9. The van der Waals surface area contributed by atoms with E-state index in [-0.39, 0.29) is 12.3 Å². The summed E-state index contributed by atoms with van der Waals surface area (Å²) in [5, 5.41) is 4.17. The highest BCUT2D eigenvalue weighted by molar-refractivity contribution is 7.09. The number of fused-ring (bicyclic) bond motifs is 1. The molecule has 0 aliphatic carbocycles. The fraction of sp³-hybridized carbons (Fsp3) is 0.231. The topological polar surface area (TPSA) is 92.8 Å². The number of carbonyl (C=O) groups excluding carboxylic acids is 1. The summed E-state index contributed by atoms with van der Waals surface area (Å²) < 4.78 is 9.02. The van der Waals surface area contributed by atoms with Gasteiger partial charge in [-0.05, 0) is 17.7 Å². The third-order valence-electron chi connectivity index (χ3n) is 2.88. The summed E-state index contributed by atoms with van der Waals surface area (Å²) in [5.74, 6) is 0.425. The highest BCUT2D eigenvalue weighted by Crippen LogP contribution is 2.17.